The molecule has 2 heterocycles. The molecular formula is C15H26N2O2. The minimum atomic E-state index is 0.218. The Balaban J connectivity index is 1.39. The van der Waals surface area contributed by atoms with Gasteiger partial charge in [0.25, 0.3) is 0 Å². The Bertz CT molecular complexity index is 329. The minimum Gasteiger partial charge on any atom is -0.396 e. The lowest BCUT2D eigenvalue weighted by molar-refractivity contribution is -0.122. The van der Waals surface area contributed by atoms with Gasteiger partial charge < -0.3 is 15.7 Å². The summed E-state index contributed by atoms with van der Waals surface area (Å²) < 4.78 is 0. The van der Waals surface area contributed by atoms with Gasteiger partial charge >= 0.3 is 0 Å². The largest absolute Gasteiger partial charge is 0.396 e. The van der Waals surface area contributed by atoms with Crippen LogP contribution in [0.15, 0.2) is 0 Å². The molecule has 3 fully saturated rings. The van der Waals surface area contributed by atoms with Crippen molar-refractivity contribution in [2.75, 3.05) is 13.2 Å². The van der Waals surface area contributed by atoms with Gasteiger partial charge in [0.15, 0.2) is 0 Å². The Morgan fingerprint density at radius 3 is 2.53 bits per heavy atom. The predicted octanol–water partition coefficient (Wildman–Crippen LogP) is 1.19. The molecule has 2 atom stereocenters. The van der Waals surface area contributed by atoms with E-state index in [4.69, 9.17) is 5.11 Å². The van der Waals surface area contributed by atoms with Gasteiger partial charge in [-0.05, 0) is 56.3 Å². The summed E-state index contributed by atoms with van der Waals surface area (Å²) >= 11 is 0. The highest BCUT2D eigenvalue weighted by atomic mass is 16.3. The van der Waals surface area contributed by atoms with Crippen LogP contribution in [0.3, 0.4) is 0 Å². The summed E-state index contributed by atoms with van der Waals surface area (Å²) in [7, 11) is 0. The zero-order chi connectivity index (χ0) is 13.3. The Kier molecular flexibility index (Phi) is 3.81. The summed E-state index contributed by atoms with van der Waals surface area (Å²) in [6, 6.07) is 1.33. The fourth-order valence-electron chi connectivity index (χ4n) is 3.89. The topological polar surface area (TPSA) is 61.4 Å². The molecule has 108 valence electrons. The first-order chi connectivity index (χ1) is 9.19. The maximum absolute atomic E-state index is 12.0. The molecule has 2 saturated heterocycles. The molecule has 4 heteroatoms. The van der Waals surface area contributed by atoms with E-state index in [0.717, 1.165) is 25.8 Å². The molecule has 0 spiro atoms. The smallest absolute Gasteiger partial charge is 0.220 e. The lowest BCUT2D eigenvalue weighted by Gasteiger charge is -2.28. The van der Waals surface area contributed by atoms with Crippen molar-refractivity contribution in [2.45, 2.75) is 63.5 Å². The number of fused-ring (bicyclic) bond motifs is 2. The van der Waals surface area contributed by atoms with Gasteiger partial charge in [0, 0.05) is 31.7 Å². The van der Waals surface area contributed by atoms with E-state index in [9.17, 15) is 4.79 Å². The molecule has 3 aliphatic rings. The van der Waals surface area contributed by atoms with Crippen molar-refractivity contribution >= 4 is 5.91 Å². The average molecular weight is 266 g/mol. The number of aliphatic hydroxyl groups excluding tert-OH is 1. The molecule has 2 bridgehead atoms. The summed E-state index contributed by atoms with van der Waals surface area (Å²) in [5, 5.41) is 15.7. The molecule has 1 aliphatic carbocycles. The maximum Gasteiger partial charge on any atom is 0.220 e. The molecule has 3 rings (SSSR count). The second-order valence-corrected chi connectivity index (χ2v) is 6.93. The van der Waals surface area contributed by atoms with E-state index in [1.807, 2.05) is 0 Å². The molecule has 0 aromatic rings. The molecule has 0 aromatic heterocycles. The molecule has 19 heavy (non-hydrogen) atoms. The third-order valence-corrected chi connectivity index (χ3v) is 5.30. The quantitative estimate of drug-likeness (QED) is 0.676. The fraction of sp³-hybridized carbons (Fsp3) is 0.933. The molecule has 1 saturated carbocycles. The Morgan fingerprint density at radius 1 is 1.26 bits per heavy atom. The predicted molar refractivity (Wildman–Crippen MR) is 73.7 cm³/mol. The molecular weight excluding hydrogens is 240 g/mol. The number of carbonyl (C=O) groups excluding carboxylic acids is 1. The molecule has 2 aliphatic heterocycles. The zero-order valence-corrected chi connectivity index (χ0v) is 11.7. The number of piperidine rings is 1. The fourth-order valence-corrected chi connectivity index (χ4v) is 3.89. The molecule has 4 nitrogen and oxygen atoms in total. The lowest BCUT2D eigenvalue weighted by atomic mass is 9.89. The summed E-state index contributed by atoms with van der Waals surface area (Å²) in [6.07, 6.45) is 8.79. The van der Waals surface area contributed by atoms with Crippen LogP contribution >= 0.6 is 0 Å². The van der Waals surface area contributed by atoms with Crippen molar-refractivity contribution < 1.29 is 9.90 Å². The van der Waals surface area contributed by atoms with Crippen LogP contribution in [0.2, 0.25) is 0 Å². The summed E-state index contributed by atoms with van der Waals surface area (Å²) in [4.78, 5) is 12.0. The van der Waals surface area contributed by atoms with Crippen LogP contribution in [0, 0.1) is 11.3 Å². The van der Waals surface area contributed by atoms with E-state index in [0.29, 0.717) is 24.4 Å². The van der Waals surface area contributed by atoms with Gasteiger partial charge in [0.1, 0.15) is 0 Å². The number of rotatable bonds is 6. The lowest BCUT2D eigenvalue weighted by Crippen LogP contribution is -2.40. The first-order valence-corrected chi connectivity index (χ1v) is 7.83. The van der Waals surface area contributed by atoms with Crippen molar-refractivity contribution in [3.8, 4) is 0 Å². The van der Waals surface area contributed by atoms with Crippen LogP contribution in [-0.4, -0.2) is 36.2 Å². The number of hydrogen-bond acceptors (Lipinski definition) is 3. The van der Waals surface area contributed by atoms with Crippen LogP contribution in [0.4, 0.5) is 0 Å². The van der Waals surface area contributed by atoms with E-state index in [1.165, 1.54) is 25.7 Å². The Hall–Kier alpha value is -0.610. The zero-order valence-electron chi connectivity index (χ0n) is 11.7. The normalized spacial score (nSPS) is 35.1. The second-order valence-electron chi connectivity index (χ2n) is 6.93. The van der Waals surface area contributed by atoms with E-state index in [2.05, 4.69) is 10.6 Å². The van der Waals surface area contributed by atoms with E-state index in [1.54, 1.807) is 0 Å². The molecule has 2 unspecified atom stereocenters. The van der Waals surface area contributed by atoms with Crippen LogP contribution < -0.4 is 10.6 Å². The summed E-state index contributed by atoms with van der Waals surface area (Å²) in [5.41, 5.74) is 0.234. The molecule has 0 aromatic carbocycles. The highest BCUT2D eigenvalue weighted by molar-refractivity contribution is 5.76. The second kappa shape index (κ2) is 5.41. The first-order valence-electron chi connectivity index (χ1n) is 7.83. The van der Waals surface area contributed by atoms with E-state index >= 15 is 0 Å². The van der Waals surface area contributed by atoms with Crippen LogP contribution in [-0.2, 0) is 4.79 Å². The number of hydrogen-bond donors (Lipinski definition) is 3. The monoisotopic (exact) mass is 266 g/mol. The van der Waals surface area contributed by atoms with Gasteiger partial charge in [-0.25, -0.2) is 0 Å². The molecule has 1 amide bonds. The van der Waals surface area contributed by atoms with E-state index < -0.39 is 0 Å². The van der Waals surface area contributed by atoms with Gasteiger partial charge in [-0.2, -0.15) is 0 Å². The van der Waals surface area contributed by atoms with E-state index in [-0.39, 0.29) is 17.9 Å². The van der Waals surface area contributed by atoms with Crippen molar-refractivity contribution in [1.82, 2.24) is 10.6 Å². The summed E-state index contributed by atoms with van der Waals surface area (Å²) in [5.74, 6) is 0.794. The number of nitrogens with one attached hydrogen (secondary N) is 2. The van der Waals surface area contributed by atoms with Crippen LogP contribution in [0.1, 0.15) is 51.4 Å². The molecule has 0 radical (unpaired) electrons. The number of carbonyl (C=O) groups is 1. The number of aliphatic hydroxyl groups is 1. The Labute approximate surface area is 115 Å². The highest BCUT2D eigenvalue weighted by Gasteiger charge is 2.42. The van der Waals surface area contributed by atoms with Gasteiger partial charge in [-0.15, -0.1) is 0 Å². The van der Waals surface area contributed by atoms with Crippen molar-refractivity contribution in [1.29, 1.82) is 0 Å². The van der Waals surface area contributed by atoms with Gasteiger partial charge in [-0.1, -0.05) is 0 Å². The number of amides is 1. The van der Waals surface area contributed by atoms with Crippen LogP contribution in [0.25, 0.3) is 0 Å². The molecule has 3 N–H and O–H groups in total. The van der Waals surface area contributed by atoms with Crippen molar-refractivity contribution in [3.63, 3.8) is 0 Å². The third-order valence-electron chi connectivity index (χ3n) is 5.30. The third kappa shape index (κ3) is 3.29. The summed E-state index contributed by atoms with van der Waals surface area (Å²) in [6.45, 7) is 1.01. The Morgan fingerprint density at radius 2 is 1.95 bits per heavy atom. The standard InChI is InChI=1S/C15H26N2O2/c18-6-5-15(3-4-15)10-16-14(19)9-11-7-12-1-2-13(8-11)17-12/h11-13,17-18H,1-10H2,(H,16,19). The minimum absolute atomic E-state index is 0.218. The maximum atomic E-state index is 12.0. The van der Waals surface area contributed by atoms with Gasteiger partial charge in [0.2, 0.25) is 5.91 Å². The van der Waals surface area contributed by atoms with Crippen molar-refractivity contribution in [3.05, 3.63) is 0 Å². The van der Waals surface area contributed by atoms with Crippen molar-refractivity contribution in [2.24, 2.45) is 11.3 Å². The average Bonchev–Trinajstić information content (AvgIpc) is 3.07. The SMILES string of the molecule is O=C(CC1CC2CCC(C1)N2)NCC1(CCO)CC1. The highest BCUT2D eigenvalue weighted by Crippen LogP contribution is 2.47. The first kappa shape index (κ1) is 13.4. The van der Waals surface area contributed by atoms with Crippen LogP contribution in [0.5, 0.6) is 0 Å². The van der Waals surface area contributed by atoms with Gasteiger partial charge in [0.05, 0.1) is 0 Å². The van der Waals surface area contributed by atoms with Gasteiger partial charge in [-0.3, -0.25) is 4.79 Å².